The van der Waals surface area contributed by atoms with Crippen molar-refractivity contribution in [2.45, 2.75) is 13.3 Å². The number of anilines is 1. The molecular formula is C15H15Cl2FN2O. The number of hydrogen-bond donors (Lipinski definition) is 1. The quantitative estimate of drug-likeness (QED) is 0.836. The molecule has 0 unspecified atom stereocenters. The second-order valence-corrected chi connectivity index (χ2v) is 5.24. The number of hydrogen-bond acceptors (Lipinski definition) is 3. The van der Waals surface area contributed by atoms with Gasteiger partial charge in [-0.25, -0.2) is 9.37 Å². The van der Waals surface area contributed by atoms with E-state index in [1.807, 2.05) is 6.92 Å². The molecule has 3 nitrogen and oxygen atoms in total. The number of aromatic nitrogens is 1. The van der Waals surface area contributed by atoms with Gasteiger partial charge in [-0.05, 0) is 24.6 Å². The highest BCUT2D eigenvalue weighted by Crippen LogP contribution is 2.34. The first kappa shape index (κ1) is 15.9. The van der Waals surface area contributed by atoms with Gasteiger partial charge in [0.25, 0.3) is 0 Å². The molecule has 2 aromatic rings. The van der Waals surface area contributed by atoms with Crippen LogP contribution >= 0.6 is 23.2 Å². The van der Waals surface area contributed by atoms with Gasteiger partial charge in [-0.3, -0.25) is 0 Å². The predicted molar refractivity (Wildman–Crippen MR) is 85.0 cm³/mol. The Hall–Kier alpha value is -1.52. The summed E-state index contributed by atoms with van der Waals surface area (Å²) in [6.07, 6.45) is 0.923. The average Bonchev–Trinajstić information content (AvgIpc) is 2.47. The number of benzene rings is 1. The summed E-state index contributed by atoms with van der Waals surface area (Å²) in [6.45, 7) is 2.75. The van der Waals surface area contributed by atoms with Gasteiger partial charge in [0.15, 0.2) is 0 Å². The zero-order valence-corrected chi connectivity index (χ0v) is 13.2. The van der Waals surface area contributed by atoms with Crippen LogP contribution in [0.3, 0.4) is 0 Å². The number of nitrogens with zero attached hydrogens (tertiary/aromatic N) is 1. The van der Waals surface area contributed by atoms with Gasteiger partial charge in [0.2, 0.25) is 0 Å². The minimum atomic E-state index is -0.451. The molecule has 0 bridgehead atoms. The highest BCUT2D eigenvalue weighted by Gasteiger charge is 2.15. The molecule has 0 radical (unpaired) electrons. The van der Waals surface area contributed by atoms with Crippen molar-refractivity contribution >= 4 is 29.0 Å². The van der Waals surface area contributed by atoms with Crippen LogP contribution in [0.1, 0.15) is 13.3 Å². The summed E-state index contributed by atoms with van der Waals surface area (Å²) in [4.78, 5) is 4.34. The van der Waals surface area contributed by atoms with Crippen LogP contribution in [0, 0.1) is 5.82 Å². The van der Waals surface area contributed by atoms with E-state index in [-0.39, 0.29) is 0 Å². The van der Waals surface area contributed by atoms with Crippen molar-refractivity contribution in [3.8, 4) is 17.0 Å². The molecule has 0 saturated carbocycles. The second kappa shape index (κ2) is 6.96. The molecule has 1 aromatic heterocycles. The normalized spacial score (nSPS) is 10.5. The highest BCUT2D eigenvalue weighted by atomic mass is 35.5. The lowest BCUT2D eigenvalue weighted by Crippen LogP contribution is -2.04. The van der Waals surface area contributed by atoms with Crippen LogP contribution in [-0.2, 0) is 0 Å². The molecule has 0 atom stereocenters. The molecule has 1 aromatic carbocycles. The van der Waals surface area contributed by atoms with Crippen LogP contribution in [0.15, 0.2) is 24.3 Å². The summed E-state index contributed by atoms with van der Waals surface area (Å²) < 4.78 is 19.1. The van der Waals surface area contributed by atoms with Gasteiger partial charge in [0.05, 0.1) is 22.8 Å². The monoisotopic (exact) mass is 328 g/mol. The minimum absolute atomic E-state index is 0.297. The highest BCUT2D eigenvalue weighted by molar-refractivity contribution is 6.37. The lowest BCUT2D eigenvalue weighted by atomic mass is 10.1. The first-order chi connectivity index (χ1) is 10.1. The van der Waals surface area contributed by atoms with Gasteiger partial charge in [-0.1, -0.05) is 30.1 Å². The fraction of sp³-hybridized carbons (Fsp3) is 0.267. The van der Waals surface area contributed by atoms with Crippen molar-refractivity contribution in [1.29, 1.82) is 0 Å². The maximum absolute atomic E-state index is 14.2. The van der Waals surface area contributed by atoms with Crippen LogP contribution in [0.5, 0.6) is 5.75 Å². The second-order valence-electron chi connectivity index (χ2n) is 4.42. The number of methoxy groups -OCH3 is 1. The van der Waals surface area contributed by atoms with Gasteiger partial charge in [-0.15, -0.1) is 0 Å². The van der Waals surface area contributed by atoms with Gasteiger partial charge < -0.3 is 10.1 Å². The lowest BCUT2D eigenvalue weighted by molar-refractivity contribution is 0.411. The van der Waals surface area contributed by atoms with Crippen molar-refractivity contribution in [3.05, 3.63) is 40.1 Å². The third kappa shape index (κ3) is 3.57. The predicted octanol–water partition coefficient (Wildman–Crippen LogP) is 5.03. The molecule has 6 heteroatoms. The van der Waals surface area contributed by atoms with E-state index in [1.165, 1.54) is 13.2 Å². The molecule has 21 heavy (non-hydrogen) atoms. The Balaban J connectivity index is 2.47. The third-order valence-electron chi connectivity index (χ3n) is 2.90. The summed E-state index contributed by atoms with van der Waals surface area (Å²) in [7, 11) is 1.48. The standard InChI is InChI=1S/C15H15Cl2FN2O/c1-3-6-19-15-12(17)8-11(16)14(20-15)10-5-4-9(21-2)7-13(10)18/h4-5,7-8H,3,6H2,1-2H3,(H,19,20). The molecule has 0 aliphatic carbocycles. The fourth-order valence-electron chi connectivity index (χ4n) is 1.84. The van der Waals surface area contributed by atoms with Gasteiger partial charge >= 0.3 is 0 Å². The van der Waals surface area contributed by atoms with Crippen molar-refractivity contribution in [2.24, 2.45) is 0 Å². The summed E-state index contributed by atoms with van der Waals surface area (Å²) in [5.41, 5.74) is 0.650. The van der Waals surface area contributed by atoms with E-state index in [0.717, 1.165) is 13.0 Å². The Labute approximate surface area is 133 Å². The van der Waals surface area contributed by atoms with Crippen LogP contribution in [0.2, 0.25) is 10.0 Å². The number of rotatable bonds is 5. The zero-order valence-electron chi connectivity index (χ0n) is 11.7. The topological polar surface area (TPSA) is 34.2 Å². The van der Waals surface area contributed by atoms with Crippen LogP contribution in [0.4, 0.5) is 10.2 Å². The Morgan fingerprint density at radius 1 is 1.24 bits per heavy atom. The van der Waals surface area contributed by atoms with E-state index >= 15 is 0 Å². The van der Waals surface area contributed by atoms with Crippen LogP contribution in [-0.4, -0.2) is 18.6 Å². The van der Waals surface area contributed by atoms with Crippen LogP contribution in [0.25, 0.3) is 11.3 Å². The van der Waals surface area contributed by atoms with Crippen molar-refractivity contribution in [3.63, 3.8) is 0 Å². The molecule has 1 N–H and O–H groups in total. The fourth-order valence-corrected chi connectivity index (χ4v) is 2.36. The summed E-state index contributed by atoms with van der Waals surface area (Å²) >= 11 is 12.2. The molecule has 0 saturated heterocycles. The SMILES string of the molecule is CCCNc1nc(-c2ccc(OC)cc2F)c(Cl)cc1Cl. The van der Waals surface area contributed by atoms with E-state index in [1.54, 1.807) is 18.2 Å². The summed E-state index contributed by atoms with van der Waals surface area (Å²) in [6, 6.07) is 6.10. The molecule has 1 heterocycles. The number of nitrogens with one attached hydrogen (secondary N) is 1. The Morgan fingerprint density at radius 2 is 2.00 bits per heavy atom. The molecule has 112 valence electrons. The third-order valence-corrected chi connectivity index (χ3v) is 3.48. The number of halogens is 3. The average molecular weight is 329 g/mol. The first-order valence-electron chi connectivity index (χ1n) is 6.50. The van der Waals surface area contributed by atoms with Gasteiger partial charge in [-0.2, -0.15) is 0 Å². The molecular weight excluding hydrogens is 314 g/mol. The molecule has 0 aliphatic heterocycles. The lowest BCUT2D eigenvalue weighted by Gasteiger charge is -2.12. The van der Waals surface area contributed by atoms with Crippen molar-refractivity contribution in [2.75, 3.05) is 19.0 Å². The Bertz CT molecular complexity index is 650. The maximum Gasteiger partial charge on any atom is 0.145 e. The molecule has 2 rings (SSSR count). The van der Waals surface area contributed by atoms with Gasteiger partial charge in [0, 0.05) is 18.2 Å². The summed E-state index contributed by atoms with van der Waals surface area (Å²) in [5, 5.41) is 3.80. The van der Waals surface area contributed by atoms with E-state index < -0.39 is 5.82 Å². The molecule has 0 aliphatic rings. The van der Waals surface area contributed by atoms with E-state index in [4.69, 9.17) is 27.9 Å². The van der Waals surface area contributed by atoms with Crippen molar-refractivity contribution in [1.82, 2.24) is 4.98 Å². The molecule has 0 amide bonds. The zero-order chi connectivity index (χ0) is 15.4. The molecule has 0 fully saturated rings. The first-order valence-corrected chi connectivity index (χ1v) is 7.26. The number of ether oxygens (including phenoxy) is 1. The summed E-state index contributed by atoms with van der Waals surface area (Å²) in [5.74, 6) is 0.478. The van der Waals surface area contributed by atoms with E-state index in [2.05, 4.69) is 10.3 Å². The van der Waals surface area contributed by atoms with E-state index in [9.17, 15) is 4.39 Å². The Kier molecular flexibility index (Phi) is 5.26. The van der Waals surface area contributed by atoms with Crippen LogP contribution < -0.4 is 10.1 Å². The number of pyridine rings is 1. The molecule has 0 spiro atoms. The maximum atomic E-state index is 14.2. The van der Waals surface area contributed by atoms with Crippen molar-refractivity contribution < 1.29 is 9.13 Å². The van der Waals surface area contributed by atoms with Gasteiger partial charge in [0.1, 0.15) is 17.4 Å². The largest absolute Gasteiger partial charge is 0.497 e. The Morgan fingerprint density at radius 3 is 2.62 bits per heavy atom. The minimum Gasteiger partial charge on any atom is -0.497 e. The van der Waals surface area contributed by atoms with E-state index in [0.29, 0.717) is 32.9 Å². The smallest absolute Gasteiger partial charge is 0.145 e.